The molecule has 1 aromatic rings. The zero-order valence-corrected chi connectivity index (χ0v) is 15.8. The molecule has 3 N–H and O–H groups in total. The monoisotopic (exact) mass is 378 g/mol. The smallest absolute Gasteiger partial charge is 0.303 e. The maximum atomic E-state index is 11.9. The summed E-state index contributed by atoms with van der Waals surface area (Å²) in [5.74, 6) is -0.786. The summed E-state index contributed by atoms with van der Waals surface area (Å²) in [4.78, 5) is 31.3. The van der Waals surface area contributed by atoms with Gasteiger partial charge in [0.1, 0.15) is 12.2 Å². The Morgan fingerprint density at radius 2 is 1.85 bits per heavy atom. The van der Waals surface area contributed by atoms with Crippen molar-refractivity contribution in [3.05, 3.63) is 18.0 Å². The number of carbonyl (C=O) groups is 2. The second kappa shape index (κ2) is 7.77. The first-order valence-electron chi connectivity index (χ1n) is 9.08. The number of aromatic nitrogens is 2. The van der Waals surface area contributed by atoms with E-state index in [1.165, 1.54) is 0 Å². The van der Waals surface area contributed by atoms with E-state index in [2.05, 4.69) is 41.4 Å². The number of hydrogen-bond acceptors (Lipinski definition) is 7. The lowest BCUT2D eigenvalue weighted by Gasteiger charge is -2.21. The number of carbonyl (C=O) groups excluding carboxylic acids is 1. The van der Waals surface area contributed by atoms with E-state index in [0.29, 0.717) is 19.2 Å². The van der Waals surface area contributed by atoms with Gasteiger partial charge in [0.05, 0.1) is 37.4 Å². The summed E-state index contributed by atoms with van der Waals surface area (Å²) in [6.45, 7) is 7.01. The van der Waals surface area contributed by atoms with E-state index in [0.717, 1.165) is 5.69 Å². The van der Waals surface area contributed by atoms with Gasteiger partial charge in [0.2, 0.25) is 11.9 Å². The third-order valence-electron chi connectivity index (χ3n) is 4.70. The molecule has 3 rings (SSSR count). The fraction of sp³-hybridized carbons (Fsp3) is 0.667. The molecule has 0 bridgehead atoms. The fourth-order valence-corrected chi connectivity index (χ4v) is 3.26. The number of fused-ring (bicyclic) bond motifs is 1. The van der Waals surface area contributed by atoms with Crippen LogP contribution >= 0.6 is 0 Å². The van der Waals surface area contributed by atoms with Crippen molar-refractivity contribution in [1.29, 1.82) is 0 Å². The summed E-state index contributed by atoms with van der Waals surface area (Å²) < 4.78 is 11.6. The van der Waals surface area contributed by atoms with Crippen molar-refractivity contribution in [3.63, 3.8) is 0 Å². The highest BCUT2D eigenvalue weighted by atomic mass is 16.6. The first kappa shape index (κ1) is 19.5. The van der Waals surface area contributed by atoms with Gasteiger partial charge in [-0.1, -0.05) is 20.8 Å². The van der Waals surface area contributed by atoms with Crippen LogP contribution in [0.4, 0.5) is 5.95 Å². The number of anilines is 1. The second-order valence-electron chi connectivity index (χ2n) is 7.93. The summed E-state index contributed by atoms with van der Waals surface area (Å²) in [6.07, 6.45) is 0.974. The summed E-state index contributed by atoms with van der Waals surface area (Å²) in [5.41, 5.74) is 0.856. The molecule has 4 atom stereocenters. The Morgan fingerprint density at radius 1 is 1.19 bits per heavy atom. The molecule has 0 aromatic carbocycles. The van der Waals surface area contributed by atoms with Crippen molar-refractivity contribution in [2.75, 3.05) is 18.5 Å². The Bertz CT molecular complexity index is 705. The van der Waals surface area contributed by atoms with Crippen LogP contribution in [0.25, 0.3) is 0 Å². The minimum Gasteiger partial charge on any atom is -0.481 e. The van der Waals surface area contributed by atoms with E-state index < -0.39 is 5.97 Å². The average molecular weight is 378 g/mol. The summed E-state index contributed by atoms with van der Waals surface area (Å²) >= 11 is 0. The number of rotatable bonds is 6. The van der Waals surface area contributed by atoms with Crippen molar-refractivity contribution >= 4 is 17.8 Å². The zero-order chi connectivity index (χ0) is 19.6. The normalized spacial score (nSPS) is 27.2. The van der Waals surface area contributed by atoms with Gasteiger partial charge in [0.15, 0.2) is 0 Å². The lowest BCUT2D eigenvalue weighted by atomic mass is 9.92. The first-order valence-corrected chi connectivity index (χ1v) is 9.08. The SMILES string of the molecule is CC(C)(C)c1ccnc(N[C@H]2CO[C@H]3[C@@H]2OC[C@@H]3NC(=O)CCC(=O)O)n1. The van der Waals surface area contributed by atoms with Gasteiger partial charge in [-0.3, -0.25) is 9.59 Å². The molecule has 0 aliphatic carbocycles. The van der Waals surface area contributed by atoms with E-state index in [4.69, 9.17) is 14.6 Å². The molecule has 1 amide bonds. The molecule has 2 fully saturated rings. The molecular weight excluding hydrogens is 352 g/mol. The van der Waals surface area contributed by atoms with Crippen LogP contribution in [0.1, 0.15) is 39.3 Å². The molecule has 1 aromatic heterocycles. The molecule has 0 unspecified atom stereocenters. The predicted octanol–water partition coefficient (Wildman–Crippen LogP) is 0.702. The number of aliphatic carboxylic acids is 1. The molecular formula is C18H26N4O5. The maximum absolute atomic E-state index is 11.9. The summed E-state index contributed by atoms with van der Waals surface area (Å²) in [7, 11) is 0. The van der Waals surface area contributed by atoms with Crippen molar-refractivity contribution in [2.24, 2.45) is 0 Å². The van der Waals surface area contributed by atoms with Crippen LogP contribution in [-0.4, -0.2) is 64.5 Å². The van der Waals surface area contributed by atoms with Crippen molar-refractivity contribution < 1.29 is 24.2 Å². The molecule has 0 radical (unpaired) electrons. The number of ether oxygens (including phenoxy) is 2. The van der Waals surface area contributed by atoms with Crippen LogP contribution in [0, 0.1) is 0 Å². The van der Waals surface area contributed by atoms with Crippen LogP contribution in [0.15, 0.2) is 12.3 Å². The van der Waals surface area contributed by atoms with Gasteiger partial charge in [0.25, 0.3) is 0 Å². The van der Waals surface area contributed by atoms with E-state index in [1.54, 1.807) is 6.20 Å². The molecule has 9 nitrogen and oxygen atoms in total. The Hall–Kier alpha value is -2.26. The van der Waals surface area contributed by atoms with Crippen molar-refractivity contribution in [1.82, 2.24) is 15.3 Å². The largest absolute Gasteiger partial charge is 0.481 e. The van der Waals surface area contributed by atoms with Gasteiger partial charge in [-0.2, -0.15) is 0 Å². The fourth-order valence-electron chi connectivity index (χ4n) is 3.26. The van der Waals surface area contributed by atoms with E-state index in [9.17, 15) is 9.59 Å². The van der Waals surface area contributed by atoms with Crippen molar-refractivity contribution in [2.45, 2.75) is 63.3 Å². The highest BCUT2D eigenvalue weighted by Gasteiger charge is 2.48. The zero-order valence-electron chi connectivity index (χ0n) is 15.8. The van der Waals surface area contributed by atoms with E-state index in [-0.39, 0.29) is 48.5 Å². The van der Waals surface area contributed by atoms with Crippen LogP contribution in [0.5, 0.6) is 0 Å². The standard InChI is InChI=1S/C18H26N4O5/c1-18(2,3)12-6-7-19-17(22-12)21-11-9-27-15-10(8-26-16(11)15)20-13(23)4-5-14(24)25/h6-7,10-11,15-16H,4-5,8-9H2,1-3H3,(H,20,23)(H,24,25)(H,19,21,22)/t10-,11-,15+,16+/m0/s1. The number of nitrogens with zero attached hydrogens (tertiary/aromatic N) is 2. The summed E-state index contributed by atoms with van der Waals surface area (Å²) in [6, 6.07) is 1.49. The number of hydrogen-bond donors (Lipinski definition) is 3. The quantitative estimate of drug-likeness (QED) is 0.661. The second-order valence-corrected chi connectivity index (χ2v) is 7.93. The third-order valence-corrected chi connectivity index (χ3v) is 4.70. The van der Waals surface area contributed by atoms with Crippen LogP contribution in [0.3, 0.4) is 0 Å². The first-order chi connectivity index (χ1) is 12.7. The van der Waals surface area contributed by atoms with Gasteiger partial charge < -0.3 is 25.2 Å². The third kappa shape index (κ3) is 4.72. The highest BCUT2D eigenvalue weighted by molar-refractivity contribution is 5.80. The maximum Gasteiger partial charge on any atom is 0.303 e. The Labute approximate surface area is 157 Å². The van der Waals surface area contributed by atoms with Gasteiger partial charge in [0, 0.05) is 18.0 Å². The van der Waals surface area contributed by atoms with E-state index in [1.807, 2.05) is 6.07 Å². The lowest BCUT2D eigenvalue weighted by molar-refractivity contribution is -0.139. The van der Waals surface area contributed by atoms with Crippen molar-refractivity contribution in [3.8, 4) is 0 Å². The molecule has 2 saturated heterocycles. The number of carboxylic acid groups (broad SMARTS) is 1. The molecule has 148 valence electrons. The predicted molar refractivity (Wildman–Crippen MR) is 96.4 cm³/mol. The van der Waals surface area contributed by atoms with E-state index >= 15 is 0 Å². The molecule has 9 heteroatoms. The lowest BCUT2D eigenvalue weighted by Crippen LogP contribution is -2.44. The van der Waals surface area contributed by atoms with Gasteiger partial charge in [-0.05, 0) is 6.07 Å². The summed E-state index contributed by atoms with van der Waals surface area (Å²) in [5, 5.41) is 14.8. The molecule has 27 heavy (non-hydrogen) atoms. The topological polar surface area (TPSA) is 123 Å². The molecule has 2 aliphatic rings. The molecule has 3 heterocycles. The van der Waals surface area contributed by atoms with Gasteiger partial charge in [-0.15, -0.1) is 0 Å². The van der Waals surface area contributed by atoms with Crippen LogP contribution in [-0.2, 0) is 24.5 Å². The Balaban J connectivity index is 1.58. The minimum absolute atomic E-state index is 0.0572. The number of carboxylic acids is 1. The highest BCUT2D eigenvalue weighted by Crippen LogP contribution is 2.29. The van der Waals surface area contributed by atoms with Gasteiger partial charge >= 0.3 is 5.97 Å². The molecule has 0 saturated carbocycles. The van der Waals surface area contributed by atoms with Crippen LogP contribution in [0.2, 0.25) is 0 Å². The molecule has 0 spiro atoms. The molecule has 2 aliphatic heterocycles. The number of amides is 1. The Kier molecular flexibility index (Phi) is 5.61. The Morgan fingerprint density at radius 3 is 2.52 bits per heavy atom. The van der Waals surface area contributed by atoms with Gasteiger partial charge in [-0.25, -0.2) is 9.97 Å². The minimum atomic E-state index is -0.996. The average Bonchev–Trinajstić information content (AvgIpc) is 3.16. The van der Waals surface area contributed by atoms with Crippen LogP contribution < -0.4 is 10.6 Å². The number of nitrogens with one attached hydrogen (secondary N) is 2.